The summed E-state index contributed by atoms with van der Waals surface area (Å²) < 4.78 is 1.81. The van der Waals surface area contributed by atoms with Crippen LogP contribution in [0.4, 0.5) is 0 Å². The van der Waals surface area contributed by atoms with E-state index in [0.29, 0.717) is 11.7 Å². The van der Waals surface area contributed by atoms with Gasteiger partial charge in [0.2, 0.25) is 0 Å². The highest BCUT2D eigenvalue weighted by Gasteiger charge is 2.07. The molecule has 0 aliphatic carbocycles. The van der Waals surface area contributed by atoms with Gasteiger partial charge in [-0.3, -0.25) is 0 Å². The van der Waals surface area contributed by atoms with E-state index in [1.54, 1.807) is 23.1 Å². The molecule has 3 nitrogen and oxygen atoms in total. The van der Waals surface area contributed by atoms with Crippen LogP contribution in [0.2, 0.25) is 0 Å². The SMILES string of the molecule is CC(C)c1cc2cncn2cc1O. The molecule has 68 valence electrons. The fourth-order valence-electron chi connectivity index (χ4n) is 1.44. The van der Waals surface area contributed by atoms with Gasteiger partial charge in [-0.2, -0.15) is 0 Å². The van der Waals surface area contributed by atoms with Gasteiger partial charge in [0.05, 0.1) is 24.2 Å². The maximum absolute atomic E-state index is 9.65. The van der Waals surface area contributed by atoms with Crippen LogP contribution in [-0.4, -0.2) is 14.5 Å². The van der Waals surface area contributed by atoms with Gasteiger partial charge in [-0.05, 0) is 12.0 Å². The molecule has 1 N–H and O–H groups in total. The lowest BCUT2D eigenvalue weighted by Gasteiger charge is -2.08. The molecular formula is C10H12N2O. The van der Waals surface area contributed by atoms with Gasteiger partial charge in [0.1, 0.15) is 5.75 Å². The monoisotopic (exact) mass is 176 g/mol. The molecule has 0 aliphatic heterocycles. The molecule has 2 aromatic rings. The van der Waals surface area contributed by atoms with Gasteiger partial charge in [0.15, 0.2) is 0 Å². The first-order valence-electron chi connectivity index (χ1n) is 4.33. The number of nitrogens with zero attached hydrogens (tertiary/aromatic N) is 2. The van der Waals surface area contributed by atoms with Crippen LogP contribution in [0, 0.1) is 0 Å². The van der Waals surface area contributed by atoms with Crippen LogP contribution in [0.3, 0.4) is 0 Å². The largest absolute Gasteiger partial charge is 0.506 e. The average Bonchev–Trinajstić information content (AvgIpc) is 2.48. The van der Waals surface area contributed by atoms with Gasteiger partial charge in [0.25, 0.3) is 0 Å². The first-order valence-corrected chi connectivity index (χ1v) is 4.33. The van der Waals surface area contributed by atoms with Gasteiger partial charge in [-0.1, -0.05) is 13.8 Å². The predicted molar refractivity (Wildman–Crippen MR) is 50.9 cm³/mol. The van der Waals surface area contributed by atoms with Crippen LogP contribution < -0.4 is 0 Å². The number of fused-ring (bicyclic) bond motifs is 1. The van der Waals surface area contributed by atoms with Crippen molar-refractivity contribution in [2.75, 3.05) is 0 Å². The van der Waals surface area contributed by atoms with Gasteiger partial charge in [0, 0.05) is 5.56 Å². The number of rotatable bonds is 1. The zero-order valence-electron chi connectivity index (χ0n) is 7.73. The Kier molecular flexibility index (Phi) is 1.72. The summed E-state index contributed by atoms with van der Waals surface area (Å²) in [7, 11) is 0. The van der Waals surface area contributed by atoms with Crippen molar-refractivity contribution in [1.82, 2.24) is 9.38 Å². The molecule has 2 rings (SSSR count). The van der Waals surface area contributed by atoms with Gasteiger partial charge in [-0.25, -0.2) is 4.98 Å². The molecule has 0 saturated carbocycles. The molecule has 2 aromatic heterocycles. The van der Waals surface area contributed by atoms with Crippen molar-refractivity contribution in [3.8, 4) is 5.75 Å². The number of imidazole rings is 1. The molecule has 2 heterocycles. The standard InChI is InChI=1S/C10H12N2O/c1-7(2)9-3-8-4-11-6-12(8)5-10(9)13/h3-7,13H,1-2H3. The second-order valence-corrected chi connectivity index (χ2v) is 3.49. The zero-order valence-corrected chi connectivity index (χ0v) is 7.73. The minimum Gasteiger partial charge on any atom is -0.506 e. The number of aromatic hydroxyl groups is 1. The Morgan fingerprint density at radius 3 is 2.92 bits per heavy atom. The maximum atomic E-state index is 9.65. The quantitative estimate of drug-likeness (QED) is 0.723. The van der Waals surface area contributed by atoms with Crippen molar-refractivity contribution in [1.29, 1.82) is 0 Å². The van der Waals surface area contributed by atoms with E-state index < -0.39 is 0 Å². The molecule has 0 unspecified atom stereocenters. The van der Waals surface area contributed by atoms with E-state index in [-0.39, 0.29) is 0 Å². The third-order valence-electron chi connectivity index (χ3n) is 2.18. The molecule has 0 aromatic carbocycles. The van der Waals surface area contributed by atoms with Gasteiger partial charge >= 0.3 is 0 Å². The second kappa shape index (κ2) is 2.76. The van der Waals surface area contributed by atoms with Crippen LogP contribution in [0.25, 0.3) is 5.52 Å². The van der Waals surface area contributed by atoms with Crippen LogP contribution in [0.15, 0.2) is 24.8 Å². The number of aromatic nitrogens is 2. The average molecular weight is 176 g/mol. The topological polar surface area (TPSA) is 37.5 Å². The van der Waals surface area contributed by atoms with E-state index in [4.69, 9.17) is 0 Å². The Morgan fingerprint density at radius 2 is 2.23 bits per heavy atom. The number of hydrogen-bond acceptors (Lipinski definition) is 2. The Morgan fingerprint density at radius 1 is 1.46 bits per heavy atom. The molecule has 0 aliphatic rings. The normalized spacial score (nSPS) is 11.3. The summed E-state index contributed by atoms with van der Waals surface area (Å²) in [4.78, 5) is 3.99. The first kappa shape index (κ1) is 8.10. The Bertz CT molecular complexity index is 431. The molecular weight excluding hydrogens is 164 g/mol. The maximum Gasteiger partial charge on any atom is 0.135 e. The second-order valence-electron chi connectivity index (χ2n) is 3.49. The van der Waals surface area contributed by atoms with Gasteiger partial charge < -0.3 is 9.51 Å². The summed E-state index contributed by atoms with van der Waals surface area (Å²) in [5.41, 5.74) is 1.98. The first-order chi connectivity index (χ1) is 6.18. The Labute approximate surface area is 76.7 Å². The summed E-state index contributed by atoms with van der Waals surface area (Å²) in [6, 6.07) is 1.97. The van der Waals surface area contributed by atoms with Crippen molar-refractivity contribution in [2.24, 2.45) is 0 Å². The molecule has 0 amide bonds. The van der Waals surface area contributed by atoms with Crippen molar-refractivity contribution < 1.29 is 5.11 Å². The lowest BCUT2D eigenvalue weighted by Crippen LogP contribution is -1.91. The highest BCUT2D eigenvalue weighted by atomic mass is 16.3. The molecule has 0 fully saturated rings. The van der Waals surface area contributed by atoms with E-state index in [9.17, 15) is 5.11 Å². The van der Waals surface area contributed by atoms with E-state index >= 15 is 0 Å². The lowest BCUT2D eigenvalue weighted by atomic mass is 10.0. The summed E-state index contributed by atoms with van der Waals surface area (Å²) in [5, 5.41) is 9.65. The van der Waals surface area contributed by atoms with Crippen LogP contribution in [0.5, 0.6) is 5.75 Å². The smallest absolute Gasteiger partial charge is 0.135 e. The van der Waals surface area contributed by atoms with Crippen molar-refractivity contribution in [3.63, 3.8) is 0 Å². The summed E-state index contributed by atoms with van der Waals surface area (Å²) in [6.45, 7) is 4.11. The van der Waals surface area contributed by atoms with Crippen LogP contribution in [0.1, 0.15) is 25.3 Å². The Hall–Kier alpha value is -1.51. The summed E-state index contributed by atoms with van der Waals surface area (Å²) in [6.07, 6.45) is 5.15. The molecule has 3 heteroatoms. The zero-order chi connectivity index (χ0) is 9.42. The predicted octanol–water partition coefficient (Wildman–Crippen LogP) is 2.16. The van der Waals surface area contributed by atoms with Crippen molar-refractivity contribution >= 4 is 5.52 Å². The third kappa shape index (κ3) is 1.26. The highest BCUT2D eigenvalue weighted by Crippen LogP contribution is 2.26. The fraction of sp³-hybridized carbons (Fsp3) is 0.300. The third-order valence-corrected chi connectivity index (χ3v) is 2.18. The van der Waals surface area contributed by atoms with Crippen LogP contribution in [-0.2, 0) is 0 Å². The van der Waals surface area contributed by atoms with Gasteiger partial charge in [-0.15, -0.1) is 0 Å². The molecule has 0 saturated heterocycles. The van der Waals surface area contributed by atoms with E-state index in [1.165, 1.54) is 0 Å². The van der Waals surface area contributed by atoms with E-state index in [0.717, 1.165) is 11.1 Å². The lowest BCUT2D eigenvalue weighted by molar-refractivity contribution is 0.461. The fourth-order valence-corrected chi connectivity index (χ4v) is 1.44. The molecule has 0 bridgehead atoms. The molecule has 13 heavy (non-hydrogen) atoms. The summed E-state index contributed by atoms with van der Waals surface area (Å²) in [5.74, 6) is 0.667. The molecule has 0 spiro atoms. The highest BCUT2D eigenvalue weighted by molar-refractivity contribution is 5.51. The van der Waals surface area contributed by atoms with Crippen molar-refractivity contribution in [2.45, 2.75) is 19.8 Å². The number of hydrogen-bond donors (Lipinski definition) is 1. The summed E-state index contributed by atoms with van der Waals surface area (Å²) >= 11 is 0. The van der Waals surface area contributed by atoms with E-state index in [1.807, 2.05) is 6.07 Å². The van der Waals surface area contributed by atoms with E-state index in [2.05, 4.69) is 18.8 Å². The van der Waals surface area contributed by atoms with Crippen LogP contribution >= 0.6 is 0 Å². The molecule has 0 atom stereocenters. The minimum atomic E-state index is 0.333. The minimum absolute atomic E-state index is 0.333. The number of pyridine rings is 1. The Balaban J connectivity index is 2.69. The van der Waals surface area contributed by atoms with Crippen molar-refractivity contribution in [3.05, 3.63) is 30.4 Å². The molecule has 0 radical (unpaired) electrons.